The van der Waals surface area contributed by atoms with Gasteiger partial charge in [0.15, 0.2) is 11.5 Å². The highest BCUT2D eigenvalue weighted by atomic mass is 16.5. The third kappa shape index (κ3) is 5.59. The van der Waals surface area contributed by atoms with Crippen LogP contribution in [0.4, 0.5) is 0 Å². The Hall–Kier alpha value is -2.29. The van der Waals surface area contributed by atoms with Gasteiger partial charge in [0.25, 0.3) is 0 Å². The lowest BCUT2D eigenvalue weighted by atomic mass is 9.77. The molecule has 1 aliphatic carbocycles. The highest BCUT2D eigenvalue weighted by Gasteiger charge is 2.21. The van der Waals surface area contributed by atoms with Gasteiger partial charge in [-0.3, -0.25) is 4.98 Å². The number of nitrogens with zero attached hydrogens (tertiary/aromatic N) is 1. The van der Waals surface area contributed by atoms with Gasteiger partial charge in [0.05, 0.1) is 14.2 Å². The highest BCUT2D eigenvalue weighted by molar-refractivity contribution is 5.56. The molecule has 2 aromatic rings. The Morgan fingerprint density at radius 3 is 2.44 bits per heavy atom. The second-order valence-corrected chi connectivity index (χ2v) is 7.43. The molecule has 144 valence electrons. The molecule has 0 amide bonds. The molecular weight excluding hydrogens is 334 g/mol. The Balaban J connectivity index is 1.72. The SMILES string of the molecule is COc1ccc(C=CC(CCc2ccncc2)C2CCCCC2)cc1OC. The molecule has 1 aliphatic rings. The number of hydrogen-bond acceptors (Lipinski definition) is 3. The number of hydrogen-bond donors (Lipinski definition) is 0. The Morgan fingerprint density at radius 2 is 1.74 bits per heavy atom. The van der Waals surface area contributed by atoms with Crippen LogP contribution < -0.4 is 9.47 Å². The Kier molecular flexibility index (Phi) is 7.32. The van der Waals surface area contributed by atoms with E-state index in [0.29, 0.717) is 5.92 Å². The van der Waals surface area contributed by atoms with Gasteiger partial charge in [0, 0.05) is 12.4 Å². The van der Waals surface area contributed by atoms with Gasteiger partial charge in [0.1, 0.15) is 0 Å². The number of aryl methyl sites for hydroxylation is 1. The first-order chi connectivity index (χ1) is 13.3. The number of allylic oxidation sites excluding steroid dienone is 1. The first kappa shape index (κ1) is 19.5. The Labute approximate surface area is 163 Å². The molecule has 1 unspecified atom stereocenters. The van der Waals surface area contributed by atoms with Crippen LogP contribution >= 0.6 is 0 Å². The summed E-state index contributed by atoms with van der Waals surface area (Å²) in [5.74, 6) is 2.98. The number of methoxy groups -OCH3 is 2. The zero-order chi connectivity index (χ0) is 18.9. The van der Waals surface area contributed by atoms with Crippen molar-refractivity contribution in [1.82, 2.24) is 4.98 Å². The van der Waals surface area contributed by atoms with Crippen LogP contribution in [0, 0.1) is 11.8 Å². The summed E-state index contributed by atoms with van der Waals surface area (Å²) in [5, 5.41) is 0. The van der Waals surface area contributed by atoms with Crippen molar-refractivity contribution in [2.45, 2.75) is 44.9 Å². The van der Waals surface area contributed by atoms with Gasteiger partial charge in [-0.2, -0.15) is 0 Å². The molecule has 1 saturated carbocycles. The van der Waals surface area contributed by atoms with Gasteiger partial charge in [-0.15, -0.1) is 0 Å². The van der Waals surface area contributed by atoms with Crippen LogP contribution in [0.15, 0.2) is 48.8 Å². The quantitative estimate of drug-likeness (QED) is 0.580. The average Bonchev–Trinajstić information content (AvgIpc) is 2.75. The second kappa shape index (κ2) is 10.1. The zero-order valence-corrected chi connectivity index (χ0v) is 16.6. The van der Waals surface area contributed by atoms with Gasteiger partial charge < -0.3 is 9.47 Å². The van der Waals surface area contributed by atoms with Crippen molar-refractivity contribution in [3.8, 4) is 11.5 Å². The summed E-state index contributed by atoms with van der Waals surface area (Å²) < 4.78 is 10.8. The van der Waals surface area contributed by atoms with E-state index in [1.54, 1.807) is 14.2 Å². The topological polar surface area (TPSA) is 31.4 Å². The third-order valence-corrected chi connectivity index (χ3v) is 5.71. The maximum absolute atomic E-state index is 5.44. The summed E-state index contributed by atoms with van der Waals surface area (Å²) in [4.78, 5) is 4.13. The van der Waals surface area contributed by atoms with E-state index in [4.69, 9.17) is 9.47 Å². The van der Waals surface area contributed by atoms with Gasteiger partial charge in [-0.05, 0) is 72.9 Å². The van der Waals surface area contributed by atoms with Crippen LogP contribution in [0.25, 0.3) is 6.08 Å². The maximum atomic E-state index is 5.44. The number of rotatable bonds is 8. The molecule has 0 radical (unpaired) electrons. The van der Waals surface area contributed by atoms with Crippen LogP contribution in [-0.4, -0.2) is 19.2 Å². The maximum Gasteiger partial charge on any atom is 0.161 e. The molecule has 0 bridgehead atoms. The number of benzene rings is 1. The van der Waals surface area contributed by atoms with E-state index >= 15 is 0 Å². The van der Waals surface area contributed by atoms with Crippen LogP contribution in [0.3, 0.4) is 0 Å². The molecule has 3 nitrogen and oxygen atoms in total. The minimum atomic E-state index is 0.617. The molecule has 27 heavy (non-hydrogen) atoms. The standard InChI is InChI=1S/C24H31NO2/c1-26-23-13-10-20(18-24(23)27-2)9-12-22(21-6-4-3-5-7-21)11-8-19-14-16-25-17-15-19/h9-10,12-18,21-22H,3-8,11H2,1-2H3. The van der Waals surface area contributed by atoms with Crippen molar-refractivity contribution in [2.24, 2.45) is 11.8 Å². The molecular formula is C24H31NO2. The summed E-state index contributed by atoms with van der Waals surface area (Å²) in [7, 11) is 3.36. The monoisotopic (exact) mass is 365 g/mol. The summed E-state index contributed by atoms with van der Waals surface area (Å²) >= 11 is 0. The Bertz CT molecular complexity index is 720. The first-order valence-electron chi connectivity index (χ1n) is 10.1. The molecule has 3 rings (SSSR count). The minimum Gasteiger partial charge on any atom is -0.493 e. The summed E-state index contributed by atoms with van der Waals surface area (Å²) in [5.41, 5.74) is 2.54. The van der Waals surface area contributed by atoms with E-state index in [1.807, 2.05) is 18.5 Å². The van der Waals surface area contributed by atoms with Gasteiger partial charge in [0.2, 0.25) is 0 Å². The minimum absolute atomic E-state index is 0.617. The summed E-state index contributed by atoms with van der Waals surface area (Å²) in [6, 6.07) is 10.4. The van der Waals surface area contributed by atoms with E-state index in [2.05, 4.69) is 41.4 Å². The van der Waals surface area contributed by atoms with E-state index in [0.717, 1.165) is 29.4 Å². The van der Waals surface area contributed by atoms with Crippen molar-refractivity contribution >= 4 is 6.08 Å². The molecule has 1 fully saturated rings. The molecule has 0 aliphatic heterocycles. The lowest BCUT2D eigenvalue weighted by molar-refractivity contribution is 0.276. The largest absolute Gasteiger partial charge is 0.493 e. The van der Waals surface area contributed by atoms with Crippen LogP contribution in [0.5, 0.6) is 11.5 Å². The normalized spacial score (nSPS) is 16.4. The molecule has 1 aromatic heterocycles. The predicted octanol–water partition coefficient (Wildman–Crippen LogP) is 5.94. The van der Waals surface area contributed by atoms with Crippen molar-refractivity contribution < 1.29 is 9.47 Å². The lowest BCUT2D eigenvalue weighted by Gasteiger charge is -2.28. The molecule has 0 saturated heterocycles. The molecule has 0 spiro atoms. The fraction of sp³-hybridized carbons (Fsp3) is 0.458. The van der Waals surface area contributed by atoms with Crippen molar-refractivity contribution in [3.05, 3.63) is 59.9 Å². The van der Waals surface area contributed by atoms with Gasteiger partial charge in [-0.25, -0.2) is 0 Å². The molecule has 3 heteroatoms. The predicted molar refractivity (Wildman–Crippen MR) is 111 cm³/mol. The molecule has 1 aromatic carbocycles. The van der Waals surface area contributed by atoms with E-state index < -0.39 is 0 Å². The van der Waals surface area contributed by atoms with Crippen LogP contribution in [-0.2, 0) is 6.42 Å². The first-order valence-corrected chi connectivity index (χ1v) is 10.1. The van der Waals surface area contributed by atoms with Gasteiger partial charge in [-0.1, -0.05) is 37.5 Å². The van der Waals surface area contributed by atoms with Crippen molar-refractivity contribution in [2.75, 3.05) is 14.2 Å². The smallest absolute Gasteiger partial charge is 0.161 e. The summed E-state index contributed by atoms with van der Waals surface area (Å²) in [6.07, 6.45) is 17.6. The highest BCUT2D eigenvalue weighted by Crippen LogP contribution is 2.34. The molecule has 0 N–H and O–H groups in total. The average molecular weight is 366 g/mol. The number of aromatic nitrogens is 1. The van der Waals surface area contributed by atoms with Gasteiger partial charge >= 0.3 is 0 Å². The summed E-state index contributed by atoms with van der Waals surface area (Å²) in [6.45, 7) is 0. The fourth-order valence-electron chi connectivity index (χ4n) is 4.13. The van der Waals surface area contributed by atoms with E-state index in [9.17, 15) is 0 Å². The van der Waals surface area contributed by atoms with Crippen molar-refractivity contribution in [1.29, 1.82) is 0 Å². The lowest BCUT2D eigenvalue weighted by Crippen LogP contribution is -2.17. The number of ether oxygens (including phenoxy) is 2. The Morgan fingerprint density at radius 1 is 1.00 bits per heavy atom. The van der Waals surface area contributed by atoms with Crippen LogP contribution in [0.1, 0.15) is 49.7 Å². The molecule has 1 heterocycles. The zero-order valence-electron chi connectivity index (χ0n) is 16.6. The van der Waals surface area contributed by atoms with E-state index in [1.165, 1.54) is 44.1 Å². The van der Waals surface area contributed by atoms with E-state index in [-0.39, 0.29) is 0 Å². The number of pyridine rings is 1. The molecule has 1 atom stereocenters. The third-order valence-electron chi connectivity index (χ3n) is 5.71. The second-order valence-electron chi connectivity index (χ2n) is 7.43. The van der Waals surface area contributed by atoms with Crippen LogP contribution in [0.2, 0.25) is 0 Å². The van der Waals surface area contributed by atoms with Crippen molar-refractivity contribution in [3.63, 3.8) is 0 Å². The fourth-order valence-corrected chi connectivity index (χ4v) is 4.13.